The standard InChI is InChI=1S/C21H23NO4S/c1-14-5-10-17(27-14)11-12-19(24)26-13-18(23)15-6-8-16(9-7-15)22-20(25)21(2,3)4/h5-12H,13H2,1-4H3,(H,22,25)/b12-11+. The summed E-state index contributed by atoms with van der Waals surface area (Å²) in [5, 5.41) is 2.79. The molecule has 27 heavy (non-hydrogen) atoms. The van der Waals surface area contributed by atoms with Crippen LogP contribution in [0.1, 0.15) is 40.9 Å². The van der Waals surface area contributed by atoms with E-state index in [0.29, 0.717) is 11.3 Å². The number of carbonyl (C=O) groups is 3. The monoisotopic (exact) mass is 385 g/mol. The molecule has 0 bridgehead atoms. The number of ether oxygens (including phenoxy) is 1. The summed E-state index contributed by atoms with van der Waals surface area (Å²) in [5.41, 5.74) is 0.518. The molecule has 1 aromatic heterocycles. The van der Waals surface area contributed by atoms with Crippen LogP contribution in [0.2, 0.25) is 0 Å². The van der Waals surface area contributed by atoms with Gasteiger partial charge in [-0.05, 0) is 49.4 Å². The quantitative estimate of drug-likeness (QED) is 0.452. The average Bonchev–Trinajstić information content (AvgIpc) is 3.03. The second kappa shape index (κ2) is 8.77. The smallest absolute Gasteiger partial charge is 0.331 e. The van der Waals surface area contributed by atoms with E-state index in [1.54, 1.807) is 41.7 Å². The van der Waals surface area contributed by atoms with E-state index in [0.717, 1.165) is 9.75 Å². The highest BCUT2D eigenvalue weighted by Gasteiger charge is 2.21. The van der Waals surface area contributed by atoms with Gasteiger partial charge in [0.05, 0.1) is 0 Å². The first-order valence-electron chi connectivity index (χ1n) is 8.51. The molecule has 1 heterocycles. The van der Waals surface area contributed by atoms with Crippen molar-refractivity contribution in [2.45, 2.75) is 27.7 Å². The number of Topliss-reactive ketones (excluding diaryl/α,β-unsaturated/α-hetero) is 1. The minimum Gasteiger partial charge on any atom is -0.454 e. The normalized spacial score (nSPS) is 11.4. The molecule has 0 atom stereocenters. The van der Waals surface area contributed by atoms with Crippen LogP contribution in [0, 0.1) is 12.3 Å². The molecule has 2 rings (SSSR count). The van der Waals surface area contributed by atoms with Crippen LogP contribution in [0.4, 0.5) is 5.69 Å². The minimum absolute atomic E-state index is 0.108. The first-order chi connectivity index (χ1) is 12.6. The van der Waals surface area contributed by atoms with Crippen molar-refractivity contribution in [3.05, 3.63) is 57.8 Å². The number of nitrogens with one attached hydrogen (secondary N) is 1. The average molecular weight is 385 g/mol. The molecule has 0 aliphatic carbocycles. The molecule has 1 N–H and O–H groups in total. The number of ketones is 1. The number of aryl methyl sites for hydroxylation is 1. The topological polar surface area (TPSA) is 72.5 Å². The Morgan fingerprint density at radius 2 is 1.74 bits per heavy atom. The number of amides is 1. The lowest BCUT2D eigenvalue weighted by Crippen LogP contribution is -2.27. The molecular weight excluding hydrogens is 362 g/mol. The number of carbonyl (C=O) groups excluding carboxylic acids is 3. The number of rotatable bonds is 6. The third-order valence-corrected chi connectivity index (χ3v) is 4.60. The fourth-order valence-corrected chi connectivity index (χ4v) is 2.80. The molecule has 0 radical (unpaired) electrons. The van der Waals surface area contributed by atoms with Gasteiger partial charge >= 0.3 is 5.97 Å². The zero-order valence-corrected chi connectivity index (χ0v) is 16.7. The largest absolute Gasteiger partial charge is 0.454 e. The Bertz CT molecular complexity index is 857. The van der Waals surface area contributed by atoms with E-state index in [4.69, 9.17) is 4.74 Å². The summed E-state index contributed by atoms with van der Waals surface area (Å²) in [7, 11) is 0. The summed E-state index contributed by atoms with van der Waals surface area (Å²) in [6.45, 7) is 7.12. The molecule has 0 saturated heterocycles. The van der Waals surface area contributed by atoms with Crippen LogP contribution in [0.25, 0.3) is 6.08 Å². The minimum atomic E-state index is -0.566. The lowest BCUT2D eigenvalue weighted by atomic mass is 9.95. The van der Waals surface area contributed by atoms with Gasteiger partial charge in [0.15, 0.2) is 12.4 Å². The Kier molecular flexibility index (Phi) is 6.69. The van der Waals surface area contributed by atoms with Crippen molar-refractivity contribution < 1.29 is 19.1 Å². The van der Waals surface area contributed by atoms with Crippen molar-refractivity contribution in [3.63, 3.8) is 0 Å². The van der Waals surface area contributed by atoms with Gasteiger partial charge in [0.1, 0.15) is 0 Å². The summed E-state index contributed by atoms with van der Waals surface area (Å²) >= 11 is 1.57. The number of hydrogen-bond donors (Lipinski definition) is 1. The maximum atomic E-state index is 12.1. The van der Waals surface area contributed by atoms with E-state index in [2.05, 4.69) is 5.32 Å². The molecule has 1 aromatic carbocycles. The Balaban J connectivity index is 1.86. The van der Waals surface area contributed by atoms with Gasteiger partial charge in [-0.1, -0.05) is 20.8 Å². The van der Waals surface area contributed by atoms with Crippen LogP contribution in [0.15, 0.2) is 42.5 Å². The van der Waals surface area contributed by atoms with E-state index in [1.807, 2.05) is 39.8 Å². The lowest BCUT2D eigenvalue weighted by molar-refractivity contribution is -0.136. The van der Waals surface area contributed by atoms with Crippen molar-refractivity contribution in [3.8, 4) is 0 Å². The van der Waals surface area contributed by atoms with E-state index in [-0.39, 0.29) is 18.3 Å². The maximum absolute atomic E-state index is 12.1. The molecule has 0 fully saturated rings. The van der Waals surface area contributed by atoms with E-state index < -0.39 is 11.4 Å². The Hall–Kier alpha value is -2.73. The predicted molar refractivity (Wildman–Crippen MR) is 108 cm³/mol. The highest BCUT2D eigenvalue weighted by atomic mass is 32.1. The second-order valence-corrected chi connectivity index (χ2v) is 8.41. The lowest BCUT2D eigenvalue weighted by Gasteiger charge is -2.17. The van der Waals surface area contributed by atoms with Gasteiger partial charge in [0, 0.05) is 32.5 Å². The predicted octanol–water partition coefficient (Wildman–Crippen LogP) is 4.48. The van der Waals surface area contributed by atoms with E-state index >= 15 is 0 Å². The van der Waals surface area contributed by atoms with Gasteiger partial charge in [0.25, 0.3) is 0 Å². The van der Waals surface area contributed by atoms with Crippen LogP contribution in [-0.4, -0.2) is 24.3 Å². The maximum Gasteiger partial charge on any atom is 0.331 e. The molecule has 0 unspecified atom stereocenters. The highest BCUT2D eigenvalue weighted by Crippen LogP contribution is 2.18. The Morgan fingerprint density at radius 1 is 1.07 bits per heavy atom. The summed E-state index contributed by atoms with van der Waals surface area (Å²) in [4.78, 5) is 37.9. The number of hydrogen-bond acceptors (Lipinski definition) is 5. The van der Waals surface area contributed by atoms with Crippen LogP contribution < -0.4 is 5.32 Å². The van der Waals surface area contributed by atoms with Gasteiger partial charge in [-0.25, -0.2) is 4.79 Å². The van der Waals surface area contributed by atoms with E-state index in [9.17, 15) is 14.4 Å². The van der Waals surface area contributed by atoms with Gasteiger partial charge in [-0.15, -0.1) is 11.3 Å². The van der Waals surface area contributed by atoms with Gasteiger partial charge in [-0.2, -0.15) is 0 Å². The fourth-order valence-electron chi connectivity index (χ4n) is 2.02. The van der Waals surface area contributed by atoms with Crippen LogP contribution in [0.5, 0.6) is 0 Å². The molecule has 5 nitrogen and oxygen atoms in total. The van der Waals surface area contributed by atoms with Crippen LogP contribution in [0.3, 0.4) is 0 Å². The molecule has 0 saturated carbocycles. The van der Waals surface area contributed by atoms with Gasteiger partial charge in [-0.3, -0.25) is 9.59 Å². The van der Waals surface area contributed by atoms with Crippen molar-refractivity contribution in [1.82, 2.24) is 0 Å². The molecular formula is C21H23NO4S. The molecule has 0 aliphatic heterocycles. The molecule has 142 valence electrons. The second-order valence-electron chi connectivity index (χ2n) is 7.09. The highest BCUT2D eigenvalue weighted by molar-refractivity contribution is 7.12. The summed E-state index contributed by atoms with van der Waals surface area (Å²) < 4.78 is 4.99. The number of anilines is 1. The zero-order valence-electron chi connectivity index (χ0n) is 15.9. The first-order valence-corrected chi connectivity index (χ1v) is 9.33. The molecule has 0 spiro atoms. The molecule has 6 heteroatoms. The summed E-state index contributed by atoms with van der Waals surface area (Å²) in [5.74, 6) is -0.982. The Morgan fingerprint density at radius 3 is 2.30 bits per heavy atom. The number of benzene rings is 1. The first kappa shape index (κ1) is 20.6. The number of thiophene rings is 1. The van der Waals surface area contributed by atoms with Crippen LogP contribution in [-0.2, 0) is 14.3 Å². The third kappa shape index (κ3) is 6.49. The van der Waals surface area contributed by atoms with Crippen molar-refractivity contribution in [2.75, 3.05) is 11.9 Å². The SMILES string of the molecule is Cc1ccc(/C=C/C(=O)OCC(=O)c2ccc(NC(=O)C(C)(C)C)cc2)s1. The van der Waals surface area contributed by atoms with Crippen molar-refractivity contribution >= 4 is 40.8 Å². The van der Waals surface area contributed by atoms with Crippen molar-refractivity contribution in [2.24, 2.45) is 5.41 Å². The number of esters is 1. The zero-order chi connectivity index (χ0) is 20.0. The third-order valence-electron chi connectivity index (χ3n) is 3.64. The fraction of sp³-hybridized carbons (Fsp3) is 0.286. The molecule has 1 amide bonds. The van der Waals surface area contributed by atoms with Crippen molar-refractivity contribution in [1.29, 1.82) is 0 Å². The van der Waals surface area contributed by atoms with E-state index in [1.165, 1.54) is 6.08 Å². The van der Waals surface area contributed by atoms with Gasteiger partial charge in [0.2, 0.25) is 5.91 Å². The Labute approximate surface area is 163 Å². The molecule has 2 aromatic rings. The van der Waals surface area contributed by atoms with Crippen LogP contribution >= 0.6 is 11.3 Å². The molecule has 0 aliphatic rings. The summed E-state index contributed by atoms with van der Waals surface area (Å²) in [6.07, 6.45) is 2.97. The summed E-state index contributed by atoms with van der Waals surface area (Å²) in [6, 6.07) is 10.4. The van der Waals surface area contributed by atoms with Gasteiger partial charge < -0.3 is 10.1 Å².